The normalized spacial score (nSPS) is 20.3. The third-order valence-corrected chi connectivity index (χ3v) is 7.22. The number of hydrogen-bond acceptors (Lipinski definition) is 4. The summed E-state index contributed by atoms with van der Waals surface area (Å²) in [6, 6.07) is 4.77. The Balaban J connectivity index is 1.58. The molecule has 1 fully saturated rings. The standard InChI is InChI=1S/C26H33N3O/c1-4-20-13-19(14-22(11-12-27)21-7-5-6-8-21)9-10-23-15-24(16-28-26(20)23)25-17(2)29-30-18(25)3/h13,15-16,19,21-22H,4-11,14H2,1-3H3. The van der Waals surface area contributed by atoms with Gasteiger partial charge in [0.2, 0.25) is 0 Å². The summed E-state index contributed by atoms with van der Waals surface area (Å²) >= 11 is 0. The summed E-state index contributed by atoms with van der Waals surface area (Å²) in [6.45, 7) is 6.18. The Morgan fingerprint density at radius 2 is 2.03 bits per heavy atom. The fourth-order valence-electron chi connectivity index (χ4n) is 5.66. The summed E-state index contributed by atoms with van der Waals surface area (Å²) in [5, 5.41) is 13.5. The summed E-state index contributed by atoms with van der Waals surface area (Å²) in [7, 11) is 0. The highest BCUT2D eigenvalue weighted by atomic mass is 16.5. The summed E-state index contributed by atoms with van der Waals surface area (Å²) in [5.74, 6) is 2.68. The molecule has 0 N–H and O–H groups in total. The van der Waals surface area contributed by atoms with Gasteiger partial charge in [-0.25, -0.2) is 0 Å². The molecular weight excluding hydrogens is 370 g/mol. The minimum absolute atomic E-state index is 0.538. The Bertz CT molecular complexity index is 940. The van der Waals surface area contributed by atoms with Crippen molar-refractivity contribution in [3.8, 4) is 17.2 Å². The van der Waals surface area contributed by atoms with Gasteiger partial charge in [0.25, 0.3) is 0 Å². The molecule has 0 amide bonds. The van der Waals surface area contributed by atoms with Crippen LogP contribution in [-0.2, 0) is 6.42 Å². The third-order valence-electron chi connectivity index (χ3n) is 7.22. The van der Waals surface area contributed by atoms with E-state index in [1.165, 1.54) is 36.8 Å². The number of aromatic nitrogens is 2. The Morgan fingerprint density at radius 1 is 1.23 bits per heavy atom. The average Bonchev–Trinajstić information content (AvgIpc) is 3.35. The molecule has 158 valence electrons. The number of nitrogens with zero attached hydrogens (tertiary/aromatic N) is 3. The van der Waals surface area contributed by atoms with E-state index in [-0.39, 0.29) is 0 Å². The molecule has 30 heavy (non-hydrogen) atoms. The second-order valence-corrected chi connectivity index (χ2v) is 9.18. The number of pyridine rings is 1. The van der Waals surface area contributed by atoms with Crippen LogP contribution in [0.4, 0.5) is 0 Å². The highest BCUT2D eigenvalue weighted by Crippen LogP contribution is 2.40. The van der Waals surface area contributed by atoms with Crippen molar-refractivity contribution in [3.05, 3.63) is 41.1 Å². The van der Waals surface area contributed by atoms with Gasteiger partial charge in [-0.3, -0.25) is 4.98 Å². The van der Waals surface area contributed by atoms with E-state index >= 15 is 0 Å². The minimum atomic E-state index is 0.538. The van der Waals surface area contributed by atoms with Crippen molar-refractivity contribution >= 4 is 5.57 Å². The molecule has 4 nitrogen and oxygen atoms in total. The zero-order chi connectivity index (χ0) is 21.1. The van der Waals surface area contributed by atoms with E-state index in [0.29, 0.717) is 18.3 Å². The SMILES string of the molecule is CCC1=CC(CC(CC#N)C2CCCC2)CCc2cc(-c3c(C)noc3C)cnc21. The fourth-order valence-corrected chi connectivity index (χ4v) is 5.66. The third kappa shape index (κ3) is 4.21. The average molecular weight is 404 g/mol. The number of hydrogen-bond donors (Lipinski definition) is 0. The summed E-state index contributed by atoms with van der Waals surface area (Å²) < 4.78 is 5.38. The number of rotatable bonds is 6. The van der Waals surface area contributed by atoms with Crippen molar-refractivity contribution < 1.29 is 4.52 Å². The molecule has 0 aromatic carbocycles. The van der Waals surface area contributed by atoms with Crippen LogP contribution >= 0.6 is 0 Å². The van der Waals surface area contributed by atoms with Crippen molar-refractivity contribution in [1.29, 1.82) is 5.26 Å². The van der Waals surface area contributed by atoms with Crippen LogP contribution in [-0.4, -0.2) is 10.1 Å². The van der Waals surface area contributed by atoms with E-state index in [0.717, 1.165) is 59.9 Å². The van der Waals surface area contributed by atoms with Gasteiger partial charge in [-0.2, -0.15) is 5.26 Å². The lowest BCUT2D eigenvalue weighted by molar-refractivity contribution is 0.288. The molecule has 2 aromatic heterocycles. The summed E-state index contributed by atoms with van der Waals surface area (Å²) in [6.07, 6.45) is 14.8. The van der Waals surface area contributed by atoms with Crippen LogP contribution in [0.5, 0.6) is 0 Å². The second-order valence-electron chi connectivity index (χ2n) is 9.18. The van der Waals surface area contributed by atoms with Crippen molar-refractivity contribution in [2.45, 2.75) is 78.6 Å². The summed E-state index contributed by atoms with van der Waals surface area (Å²) in [4.78, 5) is 4.91. The quantitative estimate of drug-likeness (QED) is 0.531. The molecule has 2 aromatic rings. The highest BCUT2D eigenvalue weighted by molar-refractivity contribution is 5.72. The van der Waals surface area contributed by atoms with Crippen molar-refractivity contribution in [1.82, 2.24) is 10.1 Å². The highest BCUT2D eigenvalue weighted by Gasteiger charge is 2.28. The van der Waals surface area contributed by atoms with Crippen molar-refractivity contribution in [3.63, 3.8) is 0 Å². The maximum absolute atomic E-state index is 9.40. The molecule has 0 bridgehead atoms. The number of aryl methyl sites for hydroxylation is 3. The van der Waals surface area contributed by atoms with Crippen LogP contribution in [0.1, 0.15) is 81.0 Å². The van der Waals surface area contributed by atoms with Gasteiger partial charge in [0.05, 0.1) is 17.5 Å². The molecule has 0 spiro atoms. The smallest absolute Gasteiger partial charge is 0.141 e. The van der Waals surface area contributed by atoms with Gasteiger partial charge in [0, 0.05) is 23.7 Å². The van der Waals surface area contributed by atoms with Crippen LogP contribution in [0.2, 0.25) is 0 Å². The molecule has 1 saturated carbocycles. The lowest BCUT2D eigenvalue weighted by atomic mass is 9.80. The largest absolute Gasteiger partial charge is 0.361 e. The molecule has 0 radical (unpaired) electrons. The molecule has 0 saturated heterocycles. The second kappa shape index (κ2) is 9.16. The lowest BCUT2D eigenvalue weighted by Gasteiger charge is -2.24. The first kappa shape index (κ1) is 20.8. The van der Waals surface area contributed by atoms with Crippen LogP contribution in [0, 0.1) is 42.9 Å². The molecule has 2 atom stereocenters. The maximum Gasteiger partial charge on any atom is 0.141 e. The molecule has 2 unspecified atom stereocenters. The van der Waals surface area contributed by atoms with Gasteiger partial charge in [0.1, 0.15) is 5.76 Å². The van der Waals surface area contributed by atoms with E-state index in [9.17, 15) is 5.26 Å². The van der Waals surface area contributed by atoms with Crippen LogP contribution in [0.25, 0.3) is 16.7 Å². The molecule has 4 rings (SSSR count). The Kier molecular flexibility index (Phi) is 6.37. The molecule has 2 aliphatic rings. The predicted molar refractivity (Wildman–Crippen MR) is 120 cm³/mol. The van der Waals surface area contributed by atoms with E-state index in [1.54, 1.807) is 0 Å². The topological polar surface area (TPSA) is 62.7 Å². The first-order chi connectivity index (χ1) is 14.6. The zero-order valence-electron chi connectivity index (χ0n) is 18.6. The Morgan fingerprint density at radius 3 is 2.70 bits per heavy atom. The Hall–Kier alpha value is -2.41. The van der Waals surface area contributed by atoms with E-state index in [4.69, 9.17) is 9.51 Å². The van der Waals surface area contributed by atoms with Crippen molar-refractivity contribution in [2.75, 3.05) is 0 Å². The van der Waals surface area contributed by atoms with Crippen LogP contribution < -0.4 is 0 Å². The lowest BCUT2D eigenvalue weighted by Crippen LogP contribution is -2.15. The van der Waals surface area contributed by atoms with Gasteiger partial charge >= 0.3 is 0 Å². The zero-order valence-corrected chi connectivity index (χ0v) is 18.6. The van der Waals surface area contributed by atoms with E-state index in [1.807, 2.05) is 20.0 Å². The van der Waals surface area contributed by atoms with Gasteiger partial charge in [-0.15, -0.1) is 0 Å². The van der Waals surface area contributed by atoms with Crippen molar-refractivity contribution in [2.24, 2.45) is 17.8 Å². The van der Waals surface area contributed by atoms with E-state index < -0.39 is 0 Å². The van der Waals surface area contributed by atoms with Gasteiger partial charge in [0.15, 0.2) is 0 Å². The molecule has 0 aliphatic heterocycles. The monoisotopic (exact) mass is 403 g/mol. The first-order valence-corrected chi connectivity index (χ1v) is 11.6. The number of fused-ring (bicyclic) bond motifs is 1. The van der Waals surface area contributed by atoms with Gasteiger partial charge in [-0.1, -0.05) is 43.8 Å². The van der Waals surface area contributed by atoms with E-state index in [2.05, 4.69) is 30.3 Å². The maximum atomic E-state index is 9.40. The first-order valence-electron chi connectivity index (χ1n) is 11.6. The molecule has 2 heterocycles. The van der Waals surface area contributed by atoms with Crippen LogP contribution in [0.15, 0.2) is 22.9 Å². The van der Waals surface area contributed by atoms with Gasteiger partial charge < -0.3 is 4.52 Å². The predicted octanol–water partition coefficient (Wildman–Crippen LogP) is 6.82. The molecular formula is C26H33N3O. The molecule has 2 aliphatic carbocycles. The minimum Gasteiger partial charge on any atom is -0.361 e. The molecule has 4 heteroatoms. The van der Waals surface area contributed by atoms with Gasteiger partial charge in [-0.05, 0) is 74.5 Å². The Labute approximate surface area is 180 Å². The van der Waals surface area contributed by atoms with Crippen LogP contribution in [0.3, 0.4) is 0 Å². The number of nitriles is 1. The number of allylic oxidation sites excluding steroid dienone is 2. The fraction of sp³-hybridized carbons (Fsp3) is 0.577. The summed E-state index contributed by atoms with van der Waals surface area (Å²) in [5.41, 5.74) is 6.95.